The minimum atomic E-state index is 0.614. The summed E-state index contributed by atoms with van der Waals surface area (Å²) in [6, 6.07) is 13.1. The number of nitrogens with zero attached hydrogens (tertiary/aromatic N) is 1. The van der Waals surface area contributed by atoms with Crippen LogP contribution in [-0.4, -0.2) is 36.1 Å². The Labute approximate surface area is 123 Å². The van der Waals surface area contributed by atoms with E-state index in [1.165, 1.54) is 50.8 Å². The van der Waals surface area contributed by atoms with Crippen molar-refractivity contribution in [3.05, 3.63) is 35.9 Å². The van der Waals surface area contributed by atoms with E-state index >= 15 is 0 Å². The van der Waals surface area contributed by atoms with Gasteiger partial charge in [0.1, 0.15) is 0 Å². The molecule has 0 amide bonds. The first kappa shape index (κ1) is 14.1. The maximum atomic E-state index is 3.77. The van der Waals surface area contributed by atoms with E-state index in [0.717, 1.165) is 18.5 Å². The van der Waals surface area contributed by atoms with Gasteiger partial charge in [-0.3, -0.25) is 4.90 Å². The molecule has 2 nitrogen and oxygen atoms in total. The lowest BCUT2D eigenvalue weighted by Gasteiger charge is -2.34. The van der Waals surface area contributed by atoms with Crippen LogP contribution in [0.15, 0.2) is 30.3 Å². The third-order valence-electron chi connectivity index (χ3n) is 5.11. The van der Waals surface area contributed by atoms with Crippen LogP contribution in [0, 0.1) is 0 Å². The largest absolute Gasteiger partial charge is 0.312 e. The molecule has 1 N–H and O–H groups in total. The predicted octanol–water partition coefficient (Wildman–Crippen LogP) is 3.22. The summed E-state index contributed by atoms with van der Waals surface area (Å²) in [4.78, 5) is 2.81. The van der Waals surface area contributed by atoms with Gasteiger partial charge in [-0.2, -0.15) is 0 Å². The summed E-state index contributed by atoms with van der Waals surface area (Å²) < 4.78 is 0. The van der Waals surface area contributed by atoms with Gasteiger partial charge in [0.25, 0.3) is 0 Å². The molecule has 2 aliphatic rings. The number of rotatable bonds is 3. The highest BCUT2D eigenvalue weighted by Crippen LogP contribution is 2.27. The zero-order valence-corrected chi connectivity index (χ0v) is 12.7. The minimum absolute atomic E-state index is 0.614. The second-order valence-corrected chi connectivity index (χ2v) is 6.61. The quantitative estimate of drug-likeness (QED) is 0.909. The van der Waals surface area contributed by atoms with Crippen LogP contribution in [0.25, 0.3) is 0 Å². The molecule has 1 aromatic rings. The highest BCUT2D eigenvalue weighted by Gasteiger charge is 2.30. The molecule has 2 atom stereocenters. The molecule has 0 spiro atoms. The Morgan fingerprint density at radius 2 is 1.85 bits per heavy atom. The summed E-state index contributed by atoms with van der Waals surface area (Å²) in [5, 5.41) is 3.77. The van der Waals surface area contributed by atoms with Gasteiger partial charge in [0.05, 0.1) is 0 Å². The van der Waals surface area contributed by atoms with Gasteiger partial charge in [-0.15, -0.1) is 0 Å². The van der Waals surface area contributed by atoms with Crippen LogP contribution in [0.1, 0.15) is 44.6 Å². The summed E-state index contributed by atoms with van der Waals surface area (Å²) in [5.41, 5.74) is 1.46. The second-order valence-electron chi connectivity index (χ2n) is 6.61. The molecule has 2 heteroatoms. The summed E-state index contributed by atoms with van der Waals surface area (Å²) in [7, 11) is 0. The molecule has 1 aromatic carbocycles. The van der Waals surface area contributed by atoms with E-state index in [-0.39, 0.29) is 0 Å². The van der Waals surface area contributed by atoms with Crippen LogP contribution < -0.4 is 5.32 Å². The van der Waals surface area contributed by atoms with Crippen LogP contribution in [0.3, 0.4) is 0 Å². The number of nitrogens with one attached hydrogen (secondary N) is 1. The molecule has 110 valence electrons. The molecule has 0 aromatic heterocycles. The molecule has 1 heterocycles. The van der Waals surface area contributed by atoms with Crippen LogP contribution in [0.2, 0.25) is 0 Å². The molecule has 2 unspecified atom stereocenters. The smallest absolute Gasteiger partial charge is 0.0235 e. The Hall–Kier alpha value is -0.860. The second kappa shape index (κ2) is 6.73. The van der Waals surface area contributed by atoms with Crippen molar-refractivity contribution >= 4 is 0 Å². The molecular weight excluding hydrogens is 244 g/mol. The van der Waals surface area contributed by atoms with Crippen LogP contribution in [-0.2, 0) is 6.42 Å². The molecule has 1 saturated heterocycles. The van der Waals surface area contributed by atoms with Crippen molar-refractivity contribution in [2.45, 2.75) is 63.6 Å². The highest BCUT2D eigenvalue weighted by atomic mass is 15.2. The number of hydrogen-bond donors (Lipinski definition) is 1. The van der Waals surface area contributed by atoms with Crippen LogP contribution in [0.4, 0.5) is 0 Å². The van der Waals surface area contributed by atoms with E-state index in [4.69, 9.17) is 0 Å². The lowest BCUT2D eigenvalue weighted by molar-refractivity contribution is 0.142. The average Bonchev–Trinajstić information content (AvgIpc) is 2.93. The Bertz CT molecular complexity index is 397. The first-order valence-electron chi connectivity index (χ1n) is 8.36. The van der Waals surface area contributed by atoms with E-state index < -0.39 is 0 Å². The maximum Gasteiger partial charge on any atom is 0.0235 e. The van der Waals surface area contributed by atoms with Crippen molar-refractivity contribution in [2.75, 3.05) is 13.1 Å². The molecule has 0 radical (unpaired) electrons. The van der Waals surface area contributed by atoms with Crippen molar-refractivity contribution in [2.24, 2.45) is 0 Å². The van der Waals surface area contributed by atoms with E-state index in [2.05, 4.69) is 47.5 Å². The maximum absolute atomic E-state index is 3.77. The fourth-order valence-corrected chi connectivity index (χ4v) is 3.94. The topological polar surface area (TPSA) is 15.3 Å². The van der Waals surface area contributed by atoms with Crippen LogP contribution >= 0.6 is 0 Å². The summed E-state index contributed by atoms with van der Waals surface area (Å²) >= 11 is 0. The lowest BCUT2D eigenvalue weighted by Crippen LogP contribution is -2.45. The van der Waals surface area contributed by atoms with Crippen molar-refractivity contribution in [1.82, 2.24) is 10.2 Å². The lowest BCUT2D eigenvalue weighted by atomic mass is 10.0. The Balaban J connectivity index is 1.65. The SMILES string of the molecule is CC1CCNC(Cc2ccccc2)CN1C1CCCC1. The Kier molecular flexibility index (Phi) is 4.74. The first-order chi connectivity index (χ1) is 9.83. The standard InChI is InChI=1S/C18H28N2/c1-15-11-12-19-17(13-16-7-3-2-4-8-16)14-20(15)18-9-5-6-10-18/h2-4,7-8,15,17-19H,5-6,9-14H2,1H3. The van der Waals surface area contributed by atoms with Crippen LogP contribution in [0.5, 0.6) is 0 Å². The molecule has 0 bridgehead atoms. The van der Waals surface area contributed by atoms with Gasteiger partial charge in [0.2, 0.25) is 0 Å². The molecule has 1 aliphatic carbocycles. The average molecular weight is 272 g/mol. The molecule has 2 fully saturated rings. The first-order valence-corrected chi connectivity index (χ1v) is 8.36. The third kappa shape index (κ3) is 3.42. The van der Waals surface area contributed by atoms with Gasteiger partial charge in [0.15, 0.2) is 0 Å². The van der Waals surface area contributed by atoms with Gasteiger partial charge in [-0.05, 0) is 44.7 Å². The number of hydrogen-bond acceptors (Lipinski definition) is 2. The van der Waals surface area contributed by atoms with E-state index in [1.807, 2.05) is 0 Å². The molecule has 1 aliphatic heterocycles. The molecular formula is C18H28N2. The highest BCUT2D eigenvalue weighted by molar-refractivity contribution is 5.16. The minimum Gasteiger partial charge on any atom is -0.312 e. The van der Waals surface area contributed by atoms with Gasteiger partial charge in [-0.25, -0.2) is 0 Å². The fraction of sp³-hybridized carbons (Fsp3) is 0.667. The normalized spacial score (nSPS) is 29.4. The Morgan fingerprint density at radius 3 is 2.60 bits per heavy atom. The predicted molar refractivity (Wildman–Crippen MR) is 85.0 cm³/mol. The molecule has 3 rings (SSSR count). The number of benzene rings is 1. The van der Waals surface area contributed by atoms with Gasteiger partial charge >= 0.3 is 0 Å². The summed E-state index contributed by atoms with van der Waals surface area (Å²) in [6.45, 7) is 4.81. The fourth-order valence-electron chi connectivity index (χ4n) is 3.94. The van der Waals surface area contributed by atoms with E-state index in [9.17, 15) is 0 Å². The molecule has 1 saturated carbocycles. The zero-order chi connectivity index (χ0) is 13.8. The third-order valence-corrected chi connectivity index (χ3v) is 5.11. The van der Waals surface area contributed by atoms with Crippen molar-refractivity contribution in [3.63, 3.8) is 0 Å². The van der Waals surface area contributed by atoms with E-state index in [0.29, 0.717) is 6.04 Å². The van der Waals surface area contributed by atoms with Gasteiger partial charge in [-0.1, -0.05) is 43.2 Å². The monoisotopic (exact) mass is 272 g/mol. The van der Waals surface area contributed by atoms with Crippen molar-refractivity contribution in [1.29, 1.82) is 0 Å². The summed E-state index contributed by atoms with van der Waals surface area (Å²) in [5.74, 6) is 0. The van der Waals surface area contributed by atoms with Crippen molar-refractivity contribution < 1.29 is 0 Å². The van der Waals surface area contributed by atoms with Gasteiger partial charge < -0.3 is 5.32 Å². The van der Waals surface area contributed by atoms with Gasteiger partial charge in [0, 0.05) is 24.7 Å². The Morgan fingerprint density at radius 1 is 1.10 bits per heavy atom. The van der Waals surface area contributed by atoms with Crippen molar-refractivity contribution in [3.8, 4) is 0 Å². The van der Waals surface area contributed by atoms with E-state index in [1.54, 1.807) is 0 Å². The molecule has 20 heavy (non-hydrogen) atoms. The zero-order valence-electron chi connectivity index (χ0n) is 12.7. The summed E-state index contributed by atoms with van der Waals surface area (Å²) in [6.07, 6.45) is 8.17.